The molecule has 1 aromatic heterocycles. The van der Waals surface area contributed by atoms with Crippen molar-refractivity contribution in [3.63, 3.8) is 0 Å². The van der Waals surface area contributed by atoms with E-state index >= 15 is 0 Å². The molecule has 0 spiro atoms. The number of aliphatic hydroxyl groups excluding tert-OH is 1. The molecule has 0 fully saturated rings. The van der Waals surface area contributed by atoms with E-state index in [4.69, 9.17) is 5.11 Å². The molecular weight excluding hydrogens is 284 g/mol. The minimum absolute atomic E-state index is 0.136. The molecule has 0 saturated carbocycles. The van der Waals surface area contributed by atoms with Crippen LogP contribution in [0.2, 0.25) is 0 Å². The van der Waals surface area contributed by atoms with E-state index < -0.39 is 0 Å². The standard InChI is InChI=1S/C17H18OS2/c1-14-5-4-6-15(11-14)12-19-13-17-9-8-16(20-17)7-2-3-10-18/h4-6,8-9,11,18H,3,10,12-13H2,1H3. The molecule has 0 aliphatic carbocycles. The average molecular weight is 302 g/mol. The van der Waals surface area contributed by atoms with E-state index in [0.717, 1.165) is 16.4 Å². The van der Waals surface area contributed by atoms with Crippen molar-refractivity contribution in [3.8, 4) is 11.8 Å². The summed E-state index contributed by atoms with van der Waals surface area (Å²) in [4.78, 5) is 2.44. The fourth-order valence-corrected chi connectivity index (χ4v) is 3.78. The van der Waals surface area contributed by atoms with Gasteiger partial charge in [-0.2, -0.15) is 11.8 Å². The third-order valence-corrected chi connectivity index (χ3v) is 4.94. The molecule has 1 heterocycles. The van der Waals surface area contributed by atoms with Gasteiger partial charge in [0.25, 0.3) is 0 Å². The Balaban J connectivity index is 1.81. The molecule has 2 rings (SSSR count). The van der Waals surface area contributed by atoms with Gasteiger partial charge in [-0.3, -0.25) is 0 Å². The molecule has 0 unspecified atom stereocenters. The Hall–Kier alpha value is -1.21. The summed E-state index contributed by atoms with van der Waals surface area (Å²) in [6, 6.07) is 12.9. The molecular formula is C17H18OS2. The summed E-state index contributed by atoms with van der Waals surface area (Å²) in [5.74, 6) is 8.11. The first kappa shape index (κ1) is 15.2. The van der Waals surface area contributed by atoms with Gasteiger partial charge in [0.1, 0.15) is 0 Å². The Labute approximate surface area is 129 Å². The van der Waals surface area contributed by atoms with Crippen LogP contribution in [-0.4, -0.2) is 11.7 Å². The molecule has 20 heavy (non-hydrogen) atoms. The maximum absolute atomic E-state index is 8.69. The fourth-order valence-electron chi connectivity index (χ4n) is 1.80. The molecule has 3 heteroatoms. The van der Waals surface area contributed by atoms with Crippen molar-refractivity contribution in [1.82, 2.24) is 0 Å². The molecule has 2 aromatic rings. The highest BCUT2D eigenvalue weighted by molar-refractivity contribution is 7.97. The Morgan fingerprint density at radius 1 is 1.20 bits per heavy atom. The zero-order chi connectivity index (χ0) is 14.2. The number of hydrogen-bond acceptors (Lipinski definition) is 3. The molecule has 1 aromatic carbocycles. The predicted molar refractivity (Wildman–Crippen MR) is 89.1 cm³/mol. The number of benzene rings is 1. The van der Waals surface area contributed by atoms with E-state index in [1.807, 2.05) is 11.8 Å². The number of rotatable bonds is 5. The zero-order valence-electron chi connectivity index (χ0n) is 11.6. The second-order valence-corrected chi connectivity index (χ2v) is 6.68. The minimum Gasteiger partial charge on any atom is -0.395 e. The highest BCUT2D eigenvalue weighted by atomic mass is 32.2. The lowest BCUT2D eigenvalue weighted by molar-refractivity contribution is 0.305. The lowest BCUT2D eigenvalue weighted by Crippen LogP contribution is -1.82. The van der Waals surface area contributed by atoms with Crippen LogP contribution in [-0.2, 0) is 11.5 Å². The number of hydrogen-bond donors (Lipinski definition) is 1. The zero-order valence-corrected chi connectivity index (χ0v) is 13.2. The first-order valence-electron chi connectivity index (χ1n) is 6.59. The molecule has 0 radical (unpaired) electrons. The van der Waals surface area contributed by atoms with Crippen LogP contribution < -0.4 is 0 Å². The first-order valence-corrected chi connectivity index (χ1v) is 8.57. The van der Waals surface area contributed by atoms with E-state index in [9.17, 15) is 0 Å². The van der Waals surface area contributed by atoms with Crippen LogP contribution in [0.15, 0.2) is 36.4 Å². The minimum atomic E-state index is 0.136. The summed E-state index contributed by atoms with van der Waals surface area (Å²) in [5, 5.41) is 8.69. The molecule has 0 saturated heterocycles. The number of aliphatic hydroxyl groups is 1. The van der Waals surface area contributed by atoms with Crippen molar-refractivity contribution in [1.29, 1.82) is 0 Å². The van der Waals surface area contributed by atoms with Gasteiger partial charge in [-0.05, 0) is 24.6 Å². The molecule has 104 valence electrons. The van der Waals surface area contributed by atoms with Gasteiger partial charge < -0.3 is 5.11 Å². The monoisotopic (exact) mass is 302 g/mol. The van der Waals surface area contributed by atoms with Crippen LogP contribution >= 0.6 is 23.1 Å². The van der Waals surface area contributed by atoms with Gasteiger partial charge in [-0.1, -0.05) is 41.7 Å². The van der Waals surface area contributed by atoms with E-state index in [1.165, 1.54) is 16.0 Å². The van der Waals surface area contributed by atoms with E-state index in [-0.39, 0.29) is 6.61 Å². The van der Waals surface area contributed by atoms with Gasteiger partial charge in [-0.25, -0.2) is 0 Å². The summed E-state index contributed by atoms with van der Waals surface area (Å²) in [7, 11) is 0. The average Bonchev–Trinajstić information content (AvgIpc) is 2.87. The third kappa shape index (κ3) is 5.05. The topological polar surface area (TPSA) is 20.2 Å². The van der Waals surface area contributed by atoms with Crippen molar-refractivity contribution < 1.29 is 5.11 Å². The SMILES string of the molecule is Cc1cccc(CSCc2ccc(C#CCCO)s2)c1. The summed E-state index contributed by atoms with van der Waals surface area (Å²) in [6.45, 7) is 2.27. The number of thioether (sulfide) groups is 1. The molecule has 0 aliphatic rings. The Morgan fingerprint density at radius 2 is 2.10 bits per heavy atom. The van der Waals surface area contributed by atoms with Crippen molar-refractivity contribution in [2.45, 2.75) is 24.9 Å². The Morgan fingerprint density at radius 3 is 2.90 bits per heavy atom. The van der Waals surface area contributed by atoms with Gasteiger partial charge in [0, 0.05) is 22.8 Å². The van der Waals surface area contributed by atoms with E-state index in [0.29, 0.717) is 6.42 Å². The van der Waals surface area contributed by atoms with Crippen LogP contribution in [0.5, 0.6) is 0 Å². The number of aryl methyl sites for hydroxylation is 1. The first-order chi connectivity index (χ1) is 9.78. The van der Waals surface area contributed by atoms with Crippen LogP contribution in [0, 0.1) is 18.8 Å². The Kier molecular flexibility index (Phi) is 6.20. The normalized spacial score (nSPS) is 10.1. The molecule has 0 bridgehead atoms. The van der Waals surface area contributed by atoms with Gasteiger partial charge in [0.15, 0.2) is 0 Å². The largest absolute Gasteiger partial charge is 0.395 e. The van der Waals surface area contributed by atoms with Gasteiger partial charge >= 0.3 is 0 Å². The molecule has 0 atom stereocenters. The van der Waals surface area contributed by atoms with Crippen LogP contribution in [0.25, 0.3) is 0 Å². The van der Waals surface area contributed by atoms with Crippen LogP contribution in [0.3, 0.4) is 0 Å². The smallest absolute Gasteiger partial charge is 0.0771 e. The Bertz CT molecular complexity index is 605. The fraction of sp³-hybridized carbons (Fsp3) is 0.294. The van der Waals surface area contributed by atoms with Gasteiger partial charge in [0.05, 0.1) is 11.5 Å². The second-order valence-electron chi connectivity index (χ2n) is 4.52. The van der Waals surface area contributed by atoms with E-state index in [1.54, 1.807) is 11.3 Å². The molecule has 0 aliphatic heterocycles. The summed E-state index contributed by atoms with van der Waals surface area (Å²) in [6.07, 6.45) is 0.551. The highest BCUT2D eigenvalue weighted by Gasteiger charge is 1.99. The lowest BCUT2D eigenvalue weighted by atomic mass is 10.2. The highest BCUT2D eigenvalue weighted by Crippen LogP contribution is 2.23. The van der Waals surface area contributed by atoms with E-state index in [2.05, 4.69) is 55.2 Å². The van der Waals surface area contributed by atoms with Crippen molar-refractivity contribution >= 4 is 23.1 Å². The van der Waals surface area contributed by atoms with Crippen molar-refractivity contribution in [2.75, 3.05) is 6.61 Å². The molecule has 0 amide bonds. The predicted octanol–water partition coefficient (Wildman–Crippen LogP) is 4.22. The quantitative estimate of drug-likeness (QED) is 0.834. The van der Waals surface area contributed by atoms with Gasteiger partial charge in [-0.15, -0.1) is 11.3 Å². The van der Waals surface area contributed by atoms with Crippen LogP contribution in [0.4, 0.5) is 0 Å². The van der Waals surface area contributed by atoms with Crippen LogP contribution in [0.1, 0.15) is 27.3 Å². The number of thiophene rings is 1. The lowest BCUT2D eigenvalue weighted by Gasteiger charge is -2.01. The molecule has 1 N–H and O–H groups in total. The van der Waals surface area contributed by atoms with Crippen molar-refractivity contribution in [3.05, 3.63) is 57.3 Å². The second kappa shape index (κ2) is 8.16. The maximum atomic E-state index is 8.69. The van der Waals surface area contributed by atoms with Crippen molar-refractivity contribution in [2.24, 2.45) is 0 Å². The van der Waals surface area contributed by atoms with Gasteiger partial charge in [0.2, 0.25) is 0 Å². The summed E-state index contributed by atoms with van der Waals surface area (Å²) in [5.41, 5.74) is 2.70. The molecule has 1 nitrogen and oxygen atoms in total. The maximum Gasteiger partial charge on any atom is 0.0771 e. The third-order valence-electron chi connectivity index (χ3n) is 2.71. The summed E-state index contributed by atoms with van der Waals surface area (Å²) < 4.78 is 0. The summed E-state index contributed by atoms with van der Waals surface area (Å²) >= 11 is 3.68.